The van der Waals surface area contributed by atoms with Crippen molar-refractivity contribution < 1.29 is 0 Å². The van der Waals surface area contributed by atoms with E-state index in [1.54, 1.807) is 36.1 Å². The van der Waals surface area contributed by atoms with Gasteiger partial charge in [0.1, 0.15) is 0 Å². The average molecular weight is 394 g/mol. The van der Waals surface area contributed by atoms with Gasteiger partial charge in [0.05, 0.1) is 23.3 Å². The molecule has 2 N–H and O–H groups in total. The Hall–Kier alpha value is -3.84. The molecule has 29 heavy (non-hydrogen) atoms. The van der Waals surface area contributed by atoms with Crippen LogP contribution in [0.2, 0.25) is 0 Å². The zero-order valence-corrected chi connectivity index (χ0v) is 15.9. The van der Waals surface area contributed by atoms with Crippen LogP contribution < -0.4 is 0 Å². The lowest BCUT2D eigenvalue weighted by Crippen LogP contribution is -1.86. The van der Waals surface area contributed by atoms with Crippen LogP contribution >= 0.6 is 11.3 Å². The molecule has 6 nitrogen and oxygen atoms in total. The lowest BCUT2D eigenvalue weighted by molar-refractivity contribution is 1.10. The van der Waals surface area contributed by atoms with Crippen LogP contribution in [0.4, 0.5) is 0 Å². The first-order valence-electron chi connectivity index (χ1n) is 9.12. The molecular weight excluding hydrogens is 380 g/mol. The summed E-state index contributed by atoms with van der Waals surface area (Å²) in [5.74, 6) is 0. The Bertz CT molecular complexity index is 1450. The summed E-state index contributed by atoms with van der Waals surface area (Å²) in [6.45, 7) is 0. The highest BCUT2D eigenvalue weighted by Gasteiger charge is 2.15. The molecule has 0 bridgehead atoms. The van der Waals surface area contributed by atoms with Crippen molar-refractivity contribution in [2.45, 2.75) is 0 Å². The van der Waals surface area contributed by atoms with Gasteiger partial charge >= 0.3 is 0 Å². The maximum absolute atomic E-state index is 4.49. The number of pyridine rings is 1. The van der Waals surface area contributed by atoms with E-state index in [2.05, 4.69) is 77.3 Å². The minimum absolute atomic E-state index is 0.671. The summed E-state index contributed by atoms with van der Waals surface area (Å²) >= 11 is 1.70. The van der Waals surface area contributed by atoms with Crippen LogP contribution in [-0.4, -0.2) is 30.1 Å². The molecule has 0 aliphatic carbocycles. The largest absolute Gasteiger partial charge is 0.353 e. The van der Waals surface area contributed by atoms with Crippen LogP contribution in [0.25, 0.3) is 55.7 Å². The lowest BCUT2D eigenvalue weighted by atomic mass is 10.0. The van der Waals surface area contributed by atoms with Gasteiger partial charge in [-0.25, -0.2) is 4.98 Å². The van der Waals surface area contributed by atoms with Gasteiger partial charge in [-0.15, -0.1) is 0 Å². The number of hydrogen-bond acceptors (Lipinski definition) is 5. The molecule has 138 valence electrons. The number of nitrogens with zero attached hydrogens (tertiary/aromatic N) is 4. The van der Waals surface area contributed by atoms with Crippen molar-refractivity contribution in [2.24, 2.45) is 0 Å². The van der Waals surface area contributed by atoms with E-state index in [4.69, 9.17) is 0 Å². The van der Waals surface area contributed by atoms with Crippen molar-refractivity contribution in [1.82, 2.24) is 30.1 Å². The number of H-pyrrole nitrogens is 2. The highest BCUT2D eigenvalue weighted by molar-refractivity contribution is 7.08. The van der Waals surface area contributed by atoms with Gasteiger partial charge in [-0.05, 0) is 46.2 Å². The number of fused-ring (bicyclic) bond motifs is 2. The molecule has 0 radical (unpaired) electrons. The maximum Gasteiger partial charge on any atom is 0.181 e. The Morgan fingerprint density at radius 2 is 1.90 bits per heavy atom. The third-order valence-corrected chi connectivity index (χ3v) is 5.72. The van der Waals surface area contributed by atoms with Gasteiger partial charge < -0.3 is 4.98 Å². The van der Waals surface area contributed by atoms with Gasteiger partial charge in [0.25, 0.3) is 0 Å². The van der Waals surface area contributed by atoms with Crippen molar-refractivity contribution in [3.63, 3.8) is 0 Å². The molecule has 5 aromatic heterocycles. The molecule has 0 saturated heterocycles. The summed E-state index contributed by atoms with van der Waals surface area (Å²) in [5, 5.41) is 13.9. The third kappa shape index (κ3) is 2.63. The molecule has 0 fully saturated rings. The van der Waals surface area contributed by atoms with E-state index in [9.17, 15) is 0 Å². The zero-order chi connectivity index (χ0) is 19.2. The summed E-state index contributed by atoms with van der Waals surface area (Å²) in [6, 6.07) is 12.7. The molecule has 6 aromatic rings. The molecular formula is C22H14N6S. The number of benzene rings is 1. The van der Waals surface area contributed by atoms with E-state index in [1.165, 1.54) is 16.5 Å². The Labute approximate surface area is 169 Å². The van der Waals surface area contributed by atoms with Crippen LogP contribution in [0.15, 0.2) is 71.9 Å². The minimum Gasteiger partial charge on any atom is -0.353 e. The molecule has 7 heteroatoms. The van der Waals surface area contributed by atoms with Crippen molar-refractivity contribution in [1.29, 1.82) is 0 Å². The van der Waals surface area contributed by atoms with Gasteiger partial charge in [-0.2, -0.15) is 16.4 Å². The first-order chi connectivity index (χ1) is 14.4. The van der Waals surface area contributed by atoms with Gasteiger partial charge in [0, 0.05) is 40.4 Å². The molecule has 0 aliphatic rings. The zero-order valence-electron chi connectivity index (χ0n) is 15.1. The highest BCUT2D eigenvalue weighted by atomic mass is 32.1. The Kier molecular flexibility index (Phi) is 3.54. The standard InChI is InChI=1S/C22H14N6S/c1-2-15(13-4-7-29-12-13)16-9-19(26-18(16)3-1)21-17-8-14(10-25-22(17)28-27-21)20-11-23-5-6-24-20/h1-12,26H,(H,25,27,28). The van der Waals surface area contributed by atoms with Crippen LogP contribution in [0, 0.1) is 0 Å². The van der Waals surface area contributed by atoms with Crippen molar-refractivity contribution in [3.8, 4) is 33.8 Å². The first kappa shape index (κ1) is 16.1. The van der Waals surface area contributed by atoms with Crippen molar-refractivity contribution in [3.05, 3.63) is 71.9 Å². The topological polar surface area (TPSA) is 83.1 Å². The van der Waals surface area contributed by atoms with Gasteiger partial charge in [0.15, 0.2) is 5.65 Å². The number of thiophene rings is 1. The molecule has 1 aromatic carbocycles. The second-order valence-corrected chi connectivity index (χ2v) is 7.53. The first-order valence-corrected chi connectivity index (χ1v) is 10.1. The second-order valence-electron chi connectivity index (χ2n) is 6.75. The summed E-state index contributed by atoms with van der Waals surface area (Å²) in [5.41, 5.74) is 7.78. The molecule has 0 spiro atoms. The fraction of sp³-hybridized carbons (Fsp3) is 0. The Balaban J connectivity index is 1.53. The summed E-state index contributed by atoms with van der Waals surface area (Å²) in [7, 11) is 0. The summed E-state index contributed by atoms with van der Waals surface area (Å²) < 4.78 is 0. The molecule has 5 heterocycles. The summed E-state index contributed by atoms with van der Waals surface area (Å²) in [4.78, 5) is 16.6. The monoisotopic (exact) mass is 394 g/mol. The number of rotatable bonds is 3. The molecule has 0 aliphatic heterocycles. The molecule has 6 rings (SSSR count). The van der Waals surface area contributed by atoms with E-state index in [0.29, 0.717) is 5.65 Å². The molecule has 0 saturated carbocycles. The molecule has 0 unspecified atom stereocenters. The van der Waals surface area contributed by atoms with Crippen LogP contribution in [0.5, 0.6) is 0 Å². The summed E-state index contributed by atoms with van der Waals surface area (Å²) in [6.07, 6.45) is 6.85. The number of aromatic nitrogens is 6. The fourth-order valence-corrected chi connectivity index (χ4v) is 4.31. The Morgan fingerprint density at radius 3 is 2.76 bits per heavy atom. The number of hydrogen-bond donors (Lipinski definition) is 2. The van der Waals surface area contributed by atoms with E-state index in [0.717, 1.165) is 33.5 Å². The van der Waals surface area contributed by atoms with Crippen LogP contribution in [0.1, 0.15) is 0 Å². The van der Waals surface area contributed by atoms with Crippen molar-refractivity contribution >= 4 is 33.3 Å². The van der Waals surface area contributed by atoms with Crippen LogP contribution in [0.3, 0.4) is 0 Å². The van der Waals surface area contributed by atoms with E-state index in [-0.39, 0.29) is 0 Å². The second kappa shape index (κ2) is 6.35. The number of nitrogens with one attached hydrogen (secondary N) is 2. The maximum atomic E-state index is 4.49. The number of aromatic amines is 2. The highest BCUT2D eigenvalue weighted by Crippen LogP contribution is 2.35. The van der Waals surface area contributed by atoms with Gasteiger partial charge in [-0.3, -0.25) is 15.1 Å². The Morgan fingerprint density at radius 1 is 0.897 bits per heavy atom. The fourth-order valence-electron chi connectivity index (χ4n) is 3.65. The van der Waals surface area contributed by atoms with Crippen molar-refractivity contribution in [2.75, 3.05) is 0 Å². The average Bonchev–Trinajstić information content (AvgIpc) is 3.52. The van der Waals surface area contributed by atoms with Gasteiger partial charge in [0.2, 0.25) is 0 Å². The normalized spacial score (nSPS) is 11.4. The third-order valence-electron chi connectivity index (χ3n) is 5.03. The van der Waals surface area contributed by atoms with E-state index in [1.807, 2.05) is 0 Å². The predicted octanol–water partition coefficient (Wildman–Crippen LogP) is 5.29. The minimum atomic E-state index is 0.671. The quantitative estimate of drug-likeness (QED) is 0.427. The predicted molar refractivity (Wildman–Crippen MR) is 116 cm³/mol. The van der Waals surface area contributed by atoms with E-state index < -0.39 is 0 Å². The molecule has 0 amide bonds. The molecule has 0 atom stereocenters. The smallest absolute Gasteiger partial charge is 0.181 e. The van der Waals surface area contributed by atoms with Crippen LogP contribution in [-0.2, 0) is 0 Å². The van der Waals surface area contributed by atoms with E-state index >= 15 is 0 Å². The SMILES string of the molecule is c1cc(-c2ccsc2)c2cc(-c3[nH]nc4ncc(-c5cnccn5)cc34)[nH]c2c1. The van der Waals surface area contributed by atoms with Gasteiger partial charge in [-0.1, -0.05) is 12.1 Å². The lowest BCUT2D eigenvalue weighted by Gasteiger charge is -2.00.